The van der Waals surface area contributed by atoms with Gasteiger partial charge in [0.25, 0.3) is 16.0 Å². The third-order valence-electron chi connectivity index (χ3n) is 1.50. The predicted octanol–water partition coefficient (Wildman–Crippen LogP) is -1.27. The van der Waals surface area contributed by atoms with E-state index in [1.807, 2.05) is 0 Å². The fraction of sp³-hybridized carbons (Fsp3) is 0.200. The second kappa shape index (κ2) is 3.31. The third-order valence-corrected chi connectivity index (χ3v) is 2.76. The zero-order valence-corrected chi connectivity index (χ0v) is 8.43. The molecule has 0 unspecified atom stereocenters. The van der Waals surface area contributed by atoms with Crippen molar-refractivity contribution < 1.29 is 8.42 Å². The van der Waals surface area contributed by atoms with Gasteiger partial charge in [0.15, 0.2) is 5.03 Å². The van der Waals surface area contributed by atoms with Crippen molar-refractivity contribution in [2.24, 2.45) is 7.05 Å². The van der Waals surface area contributed by atoms with Crippen LogP contribution in [0.25, 0.3) is 0 Å². The molecular weight excluding hydrogens is 222 g/mol. The summed E-state index contributed by atoms with van der Waals surface area (Å²) in [6, 6.07) is 1.32. The highest BCUT2D eigenvalue weighted by Gasteiger charge is 2.17. The number of tetrazole rings is 1. The Morgan fingerprint density at radius 3 is 2.87 bits per heavy atom. The van der Waals surface area contributed by atoms with Crippen LogP contribution in [0.1, 0.15) is 0 Å². The number of nitrogens with zero attached hydrogens (tertiary/aromatic N) is 5. The number of hydrogen-bond donors (Lipinski definition) is 2. The van der Waals surface area contributed by atoms with E-state index >= 15 is 0 Å². The summed E-state index contributed by atoms with van der Waals surface area (Å²) < 4.78 is 25.3. The summed E-state index contributed by atoms with van der Waals surface area (Å²) in [6.07, 6.45) is 1.33. The molecule has 0 aliphatic rings. The SMILES string of the molecule is Cn1nnc(NS(=O)(=O)c2ccn[nH]2)n1. The van der Waals surface area contributed by atoms with Gasteiger partial charge in [-0.15, -0.1) is 5.10 Å². The van der Waals surface area contributed by atoms with Gasteiger partial charge < -0.3 is 0 Å². The zero-order chi connectivity index (χ0) is 10.9. The number of aromatic nitrogens is 6. The first kappa shape index (κ1) is 9.58. The lowest BCUT2D eigenvalue weighted by atomic mass is 10.8. The highest BCUT2D eigenvalue weighted by molar-refractivity contribution is 7.92. The molecule has 0 atom stereocenters. The molecule has 0 amide bonds. The lowest BCUT2D eigenvalue weighted by Gasteiger charge is -1.99. The molecule has 2 rings (SSSR count). The number of hydrogen-bond acceptors (Lipinski definition) is 6. The van der Waals surface area contributed by atoms with Gasteiger partial charge in [0.1, 0.15) is 0 Å². The number of sulfonamides is 1. The van der Waals surface area contributed by atoms with Gasteiger partial charge in [-0.05, 0) is 11.3 Å². The number of rotatable bonds is 3. The molecule has 0 saturated heterocycles. The summed E-state index contributed by atoms with van der Waals surface area (Å²) in [5, 5.41) is 16.4. The maximum atomic E-state index is 11.6. The molecule has 0 radical (unpaired) electrons. The van der Waals surface area contributed by atoms with Crippen molar-refractivity contribution in [1.82, 2.24) is 30.4 Å². The quantitative estimate of drug-likeness (QED) is 0.677. The molecule has 0 aromatic carbocycles. The fourth-order valence-corrected chi connectivity index (χ4v) is 1.74. The van der Waals surface area contributed by atoms with Gasteiger partial charge in [-0.2, -0.15) is 18.3 Å². The Balaban J connectivity index is 2.26. The molecule has 0 spiro atoms. The van der Waals surface area contributed by atoms with Gasteiger partial charge >= 0.3 is 0 Å². The van der Waals surface area contributed by atoms with E-state index < -0.39 is 10.0 Å². The molecule has 0 aliphatic carbocycles. The number of nitrogens with one attached hydrogen (secondary N) is 2. The molecule has 10 heteroatoms. The number of H-pyrrole nitrogens is 1. The second-order valence-electron chi connectivity index (χ2n) is 2.63. The second-order valence-corrected chi connectivity index (χ2v) is 4.28. The first-order valence-electron chi connectivity index (χ1n) is 3.84. The normalized spacial score (nSPS) is 11.5. The fourth-order valence-electron chi connectivity index (χ4n) is 0.893. The molecule has 0 saturated carbocycles. The molecule has 15 heavy (non-hydrogen) atoms. The zero-order valence-electron chi connectivity index (χ0n) is 7.62. The first-order valence-corrected chi connectivity index (χ1v) is 5.32. The lowest BCUT2D eigenvalue weighted by Crippen LogP contribution is -2.14. The minimum atomic E-state index is -3.70. The van der Waals surface area contributed by atoms with Crippen molar-refractivity contribution in [2.75, 3.05) is 4.72 Å². The first-order chi connectivity index (χ1) is 7.08. The summed E-state index contributed by atoms with van der Waals surface area (Å²) in [5.74, 6) is -0.0906. The Kier molecular flexibility index (Phi) is 2.11. The topological polar surface area (TPSA) is 118 Å². The minimum Gasteiger partial charge on any atom is -0.266 e. The van der Waals surface area contributed by atoms with Crippen LogP contribution < -0.4 is 4.72 Å². The minimum absolute atomic E-state index is 0.0602. The van der Waals surface area contributed by atoms with Gasteiger partial charge in [0, 0.05) is 0 Å². The van der Waals surface area contributed by atoms with Crippen molar-refractivity contribution in [3.8, 4) is 0 Å². The summed E-state index contributed by atoms with van der Waals surface area (Å²) in [7, 11) is -2.17. The van der Waals surface area contributed by atoms with Gasteiger partial charge in [0.2, 0.25) is 0 Å². The molecule has 0 bridgehead atoms. The van der Waals surface area contributed by atoms with Crippen molar-refractivity contribution in [3.63, 3.8) is 0 Å². The Morgan fingerprint density at radius 1 is 1.53 bits per heavy atom. The van der Waals surface area contributed by atoms with Crippen LogP contribution in [0, 0.1) is 0 Å². The third kappa shape index (κ3) is 1.93. The van der Waals surface area contributed by atoms with E-state index in [2.05, 4.69) is 30.3 Å². The molecule has 0 fully saturated rings. The van der Waals surface area contributed by atoms with Crippen molar-refractivity contribution >= 4 is 16.0 Å². The highest BCUT2D eigenvalue weighted by Crippen LogP contribution is 2.07. The van der Waals surface area contributed by atoms with Crippen molar-refractivity contribution in [2.45, 2.75) is 5.03 Å². The number of aromatic amines is 1. The average Bonchev–Trinajstić information content (AvgIpc) is 2.75. The molecule has 2 heterocycles. The number of aryl methyl sites for hydroxylation is 1. The standard InChI is InChI=1S/C5H7N7O2S/c1-12-9-5(8-11-12)10-15(13,14)4-2-3-6-7-4/h2-3H,1H3,(H,6,7)(H,9,10). The average molecular weight is 229 g/mol. The summed E-state index contributed by atoms with van der Waals surface area (Å²) in [5.41, 5.74) is 0. The van der Waals surface area contributed by atoms with Crippen molar-refractivity contribution in [3.05, 3.63) is 12.3 Å². The van der Waals surface area contributed by atoms with Crippen LogP contribution in [-0.2, 0) is 17.1 Å². The summed E-state index contributed by atoms with van der Waals surface area (Å²) in [6.45, 7) is 0. The molecule has 2 N–H and O–H groups in total. The van der Waals surface area contributed by atoms with Crippen molar-refractivity contribution in [1.29, 1.82) is 0 Å². The molecule has 0 aliphatic heterocycles. The summed E-state index contributed by atoms with van der Waals surface area (Å²) in [4.78, 5) is 1.14. The molecule has 80 valence electrons. The smallest absolute Gasteiger partial charge is 0.266 e. The maximum absolute atomic E-state index is 11.6. The van der Waals surface area contributed by atoms with Crippen LogP contribution in [0.5, 0.6) is 0 Å². The van der Waals surface area contributed by atoms with Crippen LogP contribution in [0.3, 0.4) is 0 Å². The van der Waals surface area contributed by atoms with Gasteiger partial charge in [-0.3, -0.25) is 5.10 Å². The molecule has 9 nitrogen and oxygen atoms in total. The monoisotopic (exact) mass is 229 g/mol. The van der Waals surface area contributed by atoms with Gasteiger partial charge in [-0.1, -0.05) is 5.10 Å². The maximum Gasteiger partial charge on any atom is 0.281 e. The summed E-state index contributed by atoms with van der Waals surface area (Å²) >= 11 is 0. The van der Waals surface area contributed by atoms with E-state index in [1.54, 1.807) is 0 Å². The molecule has 2 aromatic rings. The number of anilines is 1. The van der Waals surface area contributed by atoms with E-state index in [0.717, 1.165) is 4.80 Å². The molecule has 2 aromatic heterocycles. The predicted molar refractivity (Wildman–Crippen MR) is 48.2 cm³/mol. The Hall–Kier alpha value is -1.97. The van der Waals surface area contributed by atoms with E-state index in [9.17, 15) is 8.42 Å². The highest BCUT2D eigenvalue weighted by atomic mass is 32.2. The van der Waals surface area contributed by atoms with E-state index in [1.165, 1.54) is 19.3 Å². The van der Waals surface area contributed by atoms with E-state index in [-0.39, 0.29) is 11.0 Å². The largest absolute Gasteiger partial charge is 0.281 e. The van der Waals surface area contributed by atoms with Crippen LogP contribution in [-0.4, -0.2) is 38.8 Å². The van der Waals surface area contributed by atoms with Gasteiger partial charge in [0.05, 0.1) is 13.2 Å². The van der Waals surface area contributed by atoms with E-state index in [0.29, 0.717) is 0 Å². The Bertz CT molecular complexity index is 542. The van der Waals surface area contributed by atoms with Crippen LogP contribution in [0.2, 0.25) is 0 Å². The lowest BCUT2D eigenvalue weighted by molar-refractivity contribution is 0.596. The van der Waals surface area contributed by atoms with Crippen LogP contribution in [0.4, 0.5) is 5.95 Å². The van der Waals surface area contributed by atoms with Crippen LogP contribution >= 0.6 is 0 Å². The Morgan fingerprint density at radius 2 is 2.33 bits per heavy atom. The Labute approximate surface area is 84.5 Å². The van der Waals surface area contributed by atoms with Crippen LogP contribution in [0.15, 0.2) is 17.3 Å². The van der Waals surface area contributed by atoms with Gasteiger partial charge in [-0.25, -0.2) is 4.72 Å². The molecular formula is C5H7N7O2S. The van der Waals surface area contributed by atoms with E-state index in [4.69, 9.17) is 0 Å².